The van der Waals surface area contributed by atoms with Gasteiger partial charge in [0, 0.05) is 12.5 Å². The first-order valence-electron chi connectivity index (χ1n) is 22.7. The van der Waals surface area contributed by atoms with E-state index in [1.54, 1.807) is 6.08 Å². The summed E-state index contributed by atoms with van der Waals surface area (Å²) in [5.74, 6) is -1.07. The van der Waals surface area contributed by atoms with Crippen molar-refractivity contribution in [3.05, 3.63) is 48.6 Å². The molecule has 0 bridgehead atoms. The van der Waals surface area contributed by atoms with Crippen LogP contribution in [0.3, 0.4) is 0 Å². The van der Waals surface area contributed by atoms with Crippen molar-refractivity contribution in [2.75, 3.05) is 19.8 Å². The number of ether oxygens (including phenoxy) is 4. The minimum absolute atomic E-state index is 0.201. The zero-order chi connectivity index (χ0) is 41.6. The molecule has 0 saturated carbocycles. The lowest BCUT2D eigenvalue weighted by atomic mass is 9.99. The lowest BCUT2D eigenvalue weighted by Crippen LogP contribution is -2.59. The largest absolute Gasteiger partial charge is 0.458 e. The van der Waals surface area contributed by atoms with Crippen molar-refractivity contribution >= 4 is 11.9 Å². The third-order valence-electron chi connectivity index (χ3n) is 10.3. The van der Waals surface area contributed by atoms with Gasteiger partial charge in [0.05, 0.1) is 13.2 Å². The van der Waals surface area contributed by atoms with Crippen molar-refractivity contribution < 1.29 is 49.0 Å². The zero-order valence-corrected chi connectivity index (χ0v) is 35.8. The zero-order valence-electron chi connectivity index (χ0n) is 35.8. The van der Waals surface area contributed by atoms with Gasteiger partial charge in [-0.15, -0.1) is 0 Å². The minimum Gasteiger partial charge on any atom is -0.458 e. The molecule has 0 aliphatic carbocycles. The van der Waals surface area contributed by atoms with E-state index >= 15 is 0 Å². The Labute approximate surface area is 346 Å². The summed E-state index contributed by atoms with van der Waals surface area (Å²) in [6.45, 7) is 3.27. The maximum absolute atomic E-state index is 12.8. The van der Waals surface area contributed by atoms with Crippen LogP contribution in [0.4, 0.5) is 0 Å². The van der Waals surface area contributed by atoms with Gasteiger partial charge in [0.1, 0.15) is 31.0 Å². The van der Waals surface area contributed by atoms with E-state index in [-0.39, 0.29) is 19.6 Å². The van der Waals surface area contributed by atoms with E-state index in [1.807, 2.05) is 12.2 Å². The number of aliphatic hydroxyl groups is 4. The minimum atomic E-state index is -1.61. The van der Waals surface area contributed by atoms with Crippen LogP contribution in [0.5, 0.6) is 0 Å². The number of aliphatic hydroxyl groups excluding tert-OH is 4. The molecule has 10 heteroatoms. The molecule has 0 radical (unpaired) electrons. The molecule has 1 fully saturated rings. The summed E-state index contributed by atoms with van der Waals surface area (Å²) in [5, 5.41) is 40.0. The topological polar surface area (TPSA) is 152 Å². The third-order valence-corrected chi connectivity index (χ3v) is 10.3. The van der Waals surface area contributed by atoms with Crippen molar-refractivity contribution in [2.45, 2.75) is 218 Å². The Bertz CT molecular complexity index is 1070. The van der Waals surface area contributed by atoms with E-state index in [0.29, 0.717) is 6.42 Å². The molecule has 1 saturated heterocycles. The number of rotatable bonds is 37. The molecule has 2 unspecified atom stereocenters. The van der Waals surface area contributed by atoms with E-state index in [1.165, 1.54) is 115 Å². The molecule has 10 nitrogen and oxygen atoms in total. The highest BCUT2D eigenvalue weighted by Crippen LogP contribution is 2.22. The molecule has 0 aromatic rings. The van der Waals surface area contributed by atoms with Gasteiger partial charge in [-0.05, 0) is 51.4 Å². The highest BCUT2D eigenvalue weighted by atomic mass is 16.7. The van der Waals surface area contributed by atoms with Crippen LogP contribution >= 0.6 is 0 Å². The molecule has 4 N–H and O–H groups in total. The Hall–Kier alpha value is -2.34. The summed E-state index contributed by atoms with van der Waals surface area (Å²) < 4.78 is 22.0. The number of carbonyl (C=O) groups is 2. The number of esters is 2. The summed E-state index contributed by atoms with van der Waals surface area (Å²) in [7, 11) is 0. The second-order valence-electron chi connectivity index (χ2n) is 15.6. The van der Waals surface area contributed by atoms with E-state index < -0.39 is 55.4 Å². The maximum Gasteiger partial charge on any atom is 0.330 e. The van der Waals surface area contributed by atoms with Crippen molar-refractivity contribution in [1.82, 2.24) is 0 Å². The van der Waals surface area contributed by atoms with Crippen molar-refractivity contribution in [3.8, 4) is 0 Å². The standard InChI is InChI=1S/C47H82O10/c1-3-5-7-9-11-13-15-17-19-20-22-24-26-28-30-32-34-36-43(50)56-40(39-55-47-46(53)45(52)44(51)41(37-48)57-47)38-54-42(49)35-33-31-29-27-25-23-21-18-16-14-12-10-8-6-4-2/h11,13,17,19,29,31,33,35,40-41,44-48,51-53H,3-10,12,14-16,18,20-28,30,32,34,36-39H2,1-2H3/b13-11+,19-17+,31-29+,35-33+/t40-,41-,44+,45?,46?,47-/m1/s1. The summed E-state index contributed by atoms with van der Waals surface area (Å²) in [6.07, 6.45) is 37.4. The fourth-order valence-electron chi connectivity index (χ4n) is 6.66. The fraction of sp³-hybridized carbons (Fsp3) is 0.787. The second kappa shape index (κ2) is 37.9. The van der Waals surface area contributed by atoms with Crippen LogP contribution in [0.2, 0.25) is 0 Å². The Balaban J connectivity index is 2.38. The van der Waals surface area contributed by atoms with Crippen LogP contribution in [0, 0.1) is 0 Å². The quantitative estimate of drug-likeness (QED) is 0.0157. The number of carbonyl (C=O) groups excluding carboxylic acids is 2. The Morgan fingerprint density at radius 3 is 1.68 bits per heavy atom. The molecule has 0 aromatic carbocycles. The lowest BCUT2D eigenvalue weighted by molar-refractivity contribution is -0.305. The van der Waals surface area contributed by atoms with Gasteiger partial charge in [0.2, 0.25) is 0 Å². The van der Waals surface area contributed by atoms with Crippen LogP contribution in [0.15, 0.2) is 48.6 Å². The first-order chi connectivity index (χ1) is 27.8. The molecule has 6 atom stereocenters. The van der Waals surface area contributed by atoms with Crippen LogP contribution in [0.25, 0.3) is 0 Å². The molecule has 1 heterocycles. The van der Waals surface area contributed by atoms with E-state index in [2.05, 4.69) is 38.2 Å². The SMILES string of the molecule is CCCCC/C=C/C/C=C/CCCCCCCCCC(=O)O[C@H](COC(=O)/C=C/C=C/CCCCCCCCCCCCC)CO[C@@H]1O[C@H](CO)[C@H](O)C(O)C1O. The number of unbranched alkanes of at least 4 members (excludes halogenated alkanes) is 21. The van der Waals surface area contributed by atoms with Gasteiger partial charge in [-0.3, -0.25) is 4.79 Å². The summed E-state index contributed by atoms with van der Waals surface area (Å²) >= 11 is 0. The number of allylic oxidation sites excluding steroid dienone is 7. The van der Waals surface area contributed by atoms with Gasteiger partial charge >= 0.3 is 11.9 Å². The molecule has 0 aromatic heterocycles. The normalized spacial score (nSPS) is 20.7. The van der Waals surface area contributed by atoms with E-state index in [0.717, 1.165) is 44.9 Å². The first-order valence-corrected chi connectivity index (χ1v) is 22.7. The van der Waals surface area contributed by atoms with E-state index in [9.17, 15) is 30.0 Å². The van der Waals surface area contributed by atoms with Crippen LogP contribution in [-0.2, 0) is 28.5 Å². The smallest absolute Gasteiger partial charge is 0.330 e. The van der Waals surface area contributed by atoms with Gasteiger partial charge < -0.3 is 39.4 Å². The second-order valence-corrected chi connectivity index (χ2v) is 15.6. The highest BCUT2D eigenvalue weighted by molar-refractivity contribution is 5.82. The Morgan fingerprint density at radius 2 is 1.11 bits per heavy atom. The Kier molecular flexibility index (Phi) is 35.0. The number of hydrogen-bond donors (Lipinski definition) is 4. The van der Waals surface area contributed by atoms with Gasteiger partial charge in [-0.2, -0.15) is 0 Å². The number of hydrogen-bond acceptors (Lipinski definition) is 10. The van der Waals surface area contributed by atoms with Crippen molar-refractivity contribution in [3.63, 3.8) is 0 Å². The average molecular weight is 807 g/mol. The Morgan fingerprint density at radius 1 is 0.596 bits per heavy atom. The molecular weight excluding hydrogens is 725 g/mol. The monoisotopic (exact) mass is 807 g/mol. The maximum atomic E-state index is 12.8. The van der Waals surface area contributed by atoms with Gasteiger partial charge in [0.25, 0.3) is 0 Å². The molecule has 0 amide bonds. The summed E-state index contributed by atoms with van der Waals surface area (Å²) in [6, 6.07) is 0. The molecule has 1 aliphatic rings. The molecule has 0 spiro atoms. The fourth-order valence-corrected chi connectivity index (χ4v) is 6.66. The molecule has 1 rings (SSSR count). The predicted molar refractivity (Wildman–Crippen MR) is 229 cm³/mol. The van der Waals surface area contributed by atoms with Crippen LogP contribution in [-0.4, -0.2) is 89.0 Å². The molecular formula is C47H82O10. The van der Waals surface area contributed by atoms with Gasteiger partial charge in [0.15, 0.2) is 12.4 Å². The molecule has 1 aliphatic heterocycles. The van der Waals surface area contributed by atoms with Gasteiger partial charge in [-0.25, -0.2) is 4.79 Å². The van der Waals surface area contributed by atoms with Crippen molar-refractivity contribution in [1.29, 1.82) is 0 Å². The average Bonchev–Trinajstić information content (AvgIpc) is 3.21. The highest BCUT2D eigenvalue weighted by Gasteiger charge is 2.44. The summed E-state index contributed by atoms with van der Waals surface area (Å²) in [5.41, 5.74) is 0. The molecule has 330 valence electrons. The summed E-state index contributed by atoms with van der Waals surface area (Å²) in [4.78, 5) is 25.2. The van der Waals surface area contributed by atoms with Crippen molar-refractivity contribution in [2.24, 2.45) is 0 Å². The third kappa shape index (κ3) is 29.5. The first kappa shape index (κ1) is 52.7. The van der Waals surface area contributed by atoms with E-state index in [4.69, 9.17) is 18.9 Å². The van der Waals surface area contributed by atoms with Gasteiger partial charge in [-0.1, -0.05) is 166 Å². The molecule has 57 heavy (non-hydrogen) atoms. The lowest BCUT2D eigenvalue weighted by Gasteiger charge is -2.39. The van der Waals surface area contributed by atoms with Crippen LogP contribution < -0.4 is 0 Å². The van der Waals surface area contributed by atoms with Crippen LogP contribution in [0.1, 0.15) is 181 Å². The predicted octanol–water partition coefficient (Wildman–Crippen LogP) is 9.67.